The van der Waals surface area contributed by atoms with E-state index in [4.69, 9.17) is 32.8 Å². The summed E-state index contributed by atoms with van der Waals surface area (Å²) in [7, 11) is 0. The first-order valence-electron chi connectivity index (χ1n) is 6.99. The van der Waals surface area contributed by atoms with Crippen LogP contribution in [0.25, 0.3) is 0 Å². The van der Waals surface area contributed by atoms with Crippen LogP contribution in [0.2, 0.25) is 10.0 Å². The van der Waals surface area contributed by atoms with Gasteiger partial charge in [0.25, 0.3) is 0 Å². The molecule has 2 aromatic rings. The van der Waals surface area contributed by atoms with Crippen molar-refractivity contribution in [2.45, 2.75) is 19.4 Å². The Bertz CT molecular complexity index is 698. The standard InChI is InChI=1S/C17H15Cl2NO2/c1-11-8-14(19)6-7-17(11)21-10-15-9-16(20-22-15)12-2-4-13(18)5-3-12/h2-8,15H,9-10H2,1H3. The summed E-state index contributed by atoms with van der Waals surface area (Å²) < 4.78 is 5.80. The van der Waals surface area contributed by atoms with E-state index in [9.17, 15) is 0 Å². The van der Waals surface area contributed by atoms with Gasteiger partial charge < -0.3 is 9.57 Å². The highest BCUT2D eigenvalue weighted by Gasteiger charge is 2.23. The molecule has 1 unspecified atom stereocenters. The van der Waals surface area contributed by atoms with Crippen LogP contribution in [0.5, 0.6) is 5.75 Å². The second-order valence-corrected chi connectivity index (χ2v) is 6.07. The fraction of sp³-hybridized carbons (Fsp3) is 0.235. The van der Waals surface area contributed by atoms with Crippen LogP contribution in [0.3, 0.4) is 0 Å². The zero-order valence-electron chi connectivity index (χ0n) is 12.1. The number of ether oxygens (including phenoxy) is 1. The second kappa shape index (κ2) is 6.59. The lowest BCUT2D eigenvalue weighted by atomic mass is 10.1. The number of aryl methyl sites for hydroxylation is 1. The van der Waals surface area contributed by atoms with Crippen molar-refractivity contribution in [3.05, 3.63) is 63.6 Å². The third-order valence-electron chi connectivity index (χ3n) is 3.47. The quantitative estimate of drug-likeness (QED) is 0.797. The van der Waals surface area contributed by atoms with Gasteiger partial charge in [0.05, 0.1) is 5.71 Å². The number of hydrogen-bond donors (Lipinski definition) is 0. The first-order valence-corrected chi connectivity index (χ1v) is 7.75. The Balaban J connectivity index is 1.57. The van der Waals surface area contributed by atoms with Gasteiger partial charge in [0, 0.05) is 16.5 Å². The molecule has 22 heavy (non-hydrogen) atoms. The SMILES string of the molecule is Cc1cc(Cl)ccc1OCC1CC(c2ccc(Cl)cc2)=NO1. The molecule has 5 heteroatoms. The summed E-state index contributed by atoms with van der Waals surface area (Å²) in [5.74, 6) is 0.813. The molecule has 0 N–H and O–H groups in total. The minimum Gasteiger partial charge on any atom is -0.489 e. The molecule has 0 spiro atoms. The molecule has 3 rings (SSSR count). The molecule has 1 aliphatic heterocycles. The van der Waals surface area contributed by atoms with E-state index in [0.29, 0.717) is 23.1 Å². The van der Waals surface area contributed by atoms with E-state index in [2.05, 4.69) is 5.16 Å². The van der Waals surface area contributed by atoms with Crippen molar-refractivity contribution < 1.29 is 9.57 Å². The zero-order valence-corrected chi connectivity index (χ0v) is 13.6. The smallest absolute Gasteiger partial charge is 0.167 e. The zero-order chi connectivity index (χ0) is 15.5. The number of nitrogens with zero attached hydrogens (tertiary/aromatic N) is 1. The van der Waals surface area contributed by atoms with Crippen LogP contribution in [0.1, 0.15) is 17.5 Å². The van der Waals surface area contributed by atoms with Gasteiger partial charge in [-0.25, -0.2) is 0 Å². The molecule has 0 saturated carbocycles. The van der Waals surface area contributed by atoms with Gasteiger partial charge in [-0.1, -0.05) is 40.5 Å². The molecule has 0 fully saturated rings. The fourth-order valence-corrected chi connectivity index (χ4v) is 2.64. The van der Waals surface area contributed by atoms with Gasteiger partial charge in [-0.05, 0) is 48.4 Å². The van der Waals surface area contributed by atoms with Crippen LogP contribution in [0.15, 0.2) is 47.6 Å². The topological polar surface area (TPSA) is 30.8 Å². The van der Waals surface area contributed by atoms with Crippen LogP contribution in [0, 0.1) is 6.92 Å². The van der Waals surface area contributed by atoms with Crippen molar-refractivity contribution in [1.82, 2.24) is 0 Å². The lowest BCUT2D eigenvalue weighted by Gasteiger charge is -2.12. The summed E-state index contributed by atoms with van der Waals surface area (Å²) in [5.41, 5.74) is 2.94. The minimum absolute atomic E-state index is 0.0826. The predicted molar refractivity (Wildman–Crippen MR) is 89.2 cm³/mol. The van der Waals surface area contributed by atoms with Crippen LogP contribution >= 0.6 is 23.2 Å². The maximum Gasteiger partial charge on any atom is 0.167 e. The Kier molecular flexibility index (Phi) is 4.55. The van der Waals surface area contributed by atoms with Crippen LogP contribution in [0.4, 0.5) is 0 Å². The molecule has 114 valence electrons. The lowest BCUT2D eigenvalue weighted by Crippen LogP contribution is -2.18. The maximum absolute atomic E-state index is 5.93. The highest BCUT2D eigenvalue weighted by atomic mass is 35.5. The average Bonchev–Trinajstić information content (AvgIpc) is 2.96. The molecule has 0 amide bonds. The van der Waals surface area contributed by atoms with Gasteiger partial charge >= 0.3 is 0 Å². The monoisotopic (exact) mass is 335 g/mol. The van der Waals surface area contributed by atoms with Crippen LogP contribution < -0.4 is 4.74 Å². The van der Waals surface area contributed by atoms with Crippen molar-refractivity contribution in [2.75, 3.05) is 6.61 Å². The molecule has 0 bridgehead atoms. The molecule has 0 radical (unpaired) electrons. The van der Waals surface area contributed by atoms with Gasteiger partial charge in [-0.2, -0.15) is 0 Å². The van der Waals surface area contributed by atoms with E-state index < -0.39 is 0 Å². The van der Waals surface area contributed by atoms with Crippen LogP contribution in [-0.4, -0.2) is 18.4 Å². The highest BCUT2D eigenvalue weighted by molar-refractivity contribution is 6.31. The number of hydrogen-bond acceptors (Lipinski definition) is 3. The van der Waals surface area contributed by atoms with Crippen molar-refractivity contribution in [2.24, 2.45) is 5.16 Å². The molecule has 0 aromatic heterocycles. The molecule has 3 nitrogen and oxygen atoms in total. The third-order valence-corrected chi connectivity index (χ3v) is 3.96. The van der Waals surface area contributed by atoms with E-state index in [0.717, 1.165) is 22.6 Å². The van der Waals surface area contributed by atoms with Crippen molar-refractivity contribution in [1.29, 1.82) is 0 Å². The van der Waals surface area contributed by atoms with Gasteiger partial charge in [0.2, 0.25) is 0 Å². The largest absolute Gasteiger partial charge is 0.489 e. The third kappa shape index (κ3) is 3.54. The van der Waals surface area contributed by atoms with Gasteiger partial charge in [0.15, 0.2) is 6.10 Å². The Morgan fingerprint density at radius 1 is 1.14 bits per heavy atom. The first-order chi connectivity index (χ1) is 10.6. The second-order valence-electron chi connectivity index (χ2n) is 5.20. The Morgan fingerprint density at radius 2 is 1.86 bits per heavy atom. The lowest BCUT2D eigenvalue weighted by molar-refractivity contribution is 0.0469. The van der Waals surface area contributed by atoms with E-state index >= 15 is 0 Å². The van der Waals surface area contributed by atoms with E-state index in [1.54, 1.807) is 0 Å². The van der Waals surface area contributed by atoms with Crippen molar-refractivity contribution >= 4 is 28.9 Å². The first kappa shape index (κ1) is 15.2. The molecule has 1 atom stereocenters. The van der Waals surface area contributed by atoms with E-state index in [1.807, 2.05) is 49.4 Å². The summed E-state index contributed by atoms with van der Waals surface area (Å²) >= 11 is 11.8. The van der Waals surface area contributed by atoms with Gasteiger partial charge in [-0.3, -0.25) is 0 Å². The summed E-state index contributed by atoms with van der Waals surface area (Å²) in [4.78, 5) is 5.44. The Morgan fingerprint density at radius 3 is 2.59 bits per heavy atom. The fourth-order valence-electron chi connectivity index (χ4n) is 2.29. The number of benzene rings is 2. The van der Waals surface area contributed by atoms with Crippen LogP contribution in [-0.2, 0) is 4.84 Å². The molecule has 1 heterocycles. The summed E-state index contributed by atoms with van der Waals surface area (Å²) in [6.07, 6.45) is 0.634. The molecule has 2 aromatic carbocycles. The van der Waals surface area contributed by atoms with Gasteiger partial charge in [-0.15, -0.1) is 0 Å². The number of halogens is 2. The highest BCUT2D eigenvalue weighted by Crippen LogP contribution is 2.24. The van der Waals surface area contributed by atoms with Gasteiger partial charge in [0.1, 0.15) is 12.4 Å². The summed E-state index contributed by atoms with van der Waals surface area (Å²) in [6.45, 7) is 2.41. The predicted octanol–water partition coefficient (Wildman–Crippen LogP) is 4.87. The summed E-state index contributed by atoms with van der Waals surface area (Å²) in [6, 6.07) is 13.1. The molecule has 0 saturated heterocycles. The normalized spacial score (nSPS) is 17.0. The van der Waals surface area contributed by atoms with Crippen molar-refractivity contribution in [3.63, 3.8) is 0 Å². The Hall–Kier alpha value is -1.71. The maximum atomic E-state index is 5.93. The summed E-state index contributed by atoms with van der Waals surface area (Å²) in [5, 5.41) is 5.55. The van der Waals surface area contributed by atoms with Crippen molar-refractivity contribution in [3.8, 4) is 5.75 Å². The Labute approximate surface area is 139 Å². The van der Waals surface area contributed by atoms with E-state index in [-0.39, 0.29) is 6.10 Å². The molecular weight excluding hydrogens is 321 g/mol. The molecule has 0 aliphatic carbocycles. The molecule has 1 aliphatic rings. The average molecular weight is 336 g/mol. The van der Waals surface area contributed by atoms with E-state index in [1.165, 1.54) is 0 Å². The number of oxime groups is 1. The number of rotatable bonds is 4. The minimum atomic E-state index is -0.0826. The molecular formula is C17H15Cl2NO2.